The van der Waals surface area contributed by atoms with E-state index in [2.05, 4.69) is 64.0 Å². The highest BCUT2D eigenvalue weighted by Crippen LogP contribution is 2.22. The van der Waals surface area contributed by atoms with Gasteiger partial charge in [0, 0.05) is 6.54 Å². The van der Waals surface area contributed by atoms with Gasteiger partial charge in [0.1, 0.15) is 0 Å². The lowest BCUT2D eigenvalue weighted by atomic mass is 9.86. The molecule has 0 heterocycles. The molecule has 0 spiro atoms. The van der Waals surface area contributed by atoms with Crippen LogP contribution < -0.4 is 0 Å². The lowest BCUT2D eigenvalue weighted by Crippen LogP contribution is -2.14. The fourth-order valence-corrected chi connectivity index (χ4v) is 1.50. The van der Waals surface area contributed by atoms with Gasteiger partial charge in [-0.15, -0.1) is 0 Å². The molecule has 1 aromatic rings. The molecule has 0 unspecified atom stereocenters. The normalized spacial score (nSPS) is 12.1. The van der Waals surface area contributed by atoms with Crippen LogP contribution >= 0.6 is 0 Å². The second kappa shape index (κ2) is 4.14. The molecule has 1 heteroatoms. The molecule has 14 heavy (non-hydrogen) atoms. The highest BCUT2D eigenvalue weighted by Gasteiger charge is 2.13. The third-order valence-electron chi connectivity index (χ3n) is 2.29. The van der Waals surface area contributed by atoms with Gasteiger partial charge >= 0.3 is 0 Å². The molecule has 0 radical (unpaired) electrons. The van der Waals surface area contributed by atoms with Gasteiger partial charge in [0.05, 0.1) is 0 Å². The van der Waals surface area contributed by atoms with E-state index in [9.17, 15) is 0 Å². The summed E-state index contributed by atoms with van der Waals surface area (Å²) >= 11 is 0. The first kappa shape index (κ1) is 11.3. The van der Waals surface area contributed by atoms with Crippen molar-refractivity contribution in [1.29, 1.82) is 0 Å². The molecule has 0 aromatic heterocycles. The largest absolute Gasteiger partial charge is 0.305 e. The van der Waals surface area contributed by atoms with E-state index < -0.39 is 0 Å². The number of hydrogen-bond acceptors (Lipinski definition) is 1. The minimum atomic E-state index is 0.252. The molecule has 0 saturated carbocycles. The average molecular weight is 191 g/mol. The zero-order chi connectivity index (χ0) is 10.8. The topological polar surface area (TPSA) is 3.24 Å². The van der Waals surface area contributed by atoms with Crippen LogP contribution in [0.25, 0.3) is 0 Å². The fourth-order valence-electron chi connectivity index (χ4n) is 1.50. The van der Waals surface area contributed by atoms with Crippen molar-refractivity contribution in [2.24, 2.45) is 0 Å². The number of benzene rings is 1. The Kier molecular flexibility index (Phi) is 3.33. The molecule has 0 amide bonds. The van der Waals surface area contributed by atoms with Crippen LogP contribution in [0.3, 0.4) is 0 Å². The van der Waals surface area contributed by atoms with Crippen LogP contribution in [0.5, 0.6) is 0 Å². The zero-order valence-electron chi connectivity index (χ0n) is 9.96. The van der Waals surface area contributed by atoms with Gasteiger partial charge in [-0.25, -0.2) is 0 Å². The van der Waals surface area contributed by atoms with Gasteiger partial charge in [0.2, 0.25) is 0 Å². The van der Waals surface area contributed by atoms with Gasteiger partial charge in [-0.3, -0.25) is 0 Å². The van der Waals surface area contributed by atoms with E-state index in [1.807, 2.05) is 0 Å². The molecular weight excluding hydrogens is 170 g/mol. The molecule has 0 saturated heterocycles. The summed E-state index contributed by atoms with van der Waals surface area (Å²) in [6, 6.07) is 8.85. The lowest BCUT2D eigenvalue weighted by Gasteiger charge is -2.20. The van der Waals surface area contributed by atoms with Gasteiger partial charge < -0.3 is 4.90 Å². The van der Waals surface area contributed by atoms with Gasteiger partial charge in [0.15, 0.2) is 0 Å². The standard InChI is InChI=1S/C13H21N/c1-13(2,3)12-8-6-7-11(9-12)10-14(4)5/h6-9H,10H2,1-5H3. The molecule has 0 atom stereocenters. The smallest absolute Gasteiger partial charge is 0.0227 e. The average Bonchev–Trinajstić information content (AvgIpc) is 2.01. The second-order valence-corrected chi connectivity index (χ2v) is 5.19. The first-order chi connectivity index (χ1) is 6.39. The predicted molar refractivity (Wildman–Crippen MR) is 62.5 cm³/mol. The predicted octanol–water partition coefficient (Wildman–Crippen LogP) is 3.05. The molecule has 78 valence electrons. The summed E-state index contributed by atoms with van der Waals surface area (Å²) in [5.41, 5.74) is 3.06. The second-order valence-electron chi connectivity index (χ2n) is 5.19. The maximum atomic E-state index is 2.31. The van der Waals surface area contributed by atoms with Crippen molar-refractivity contribution < 1.29 is 0 Å². The number of nitrogens with zero attached hydrogens (tertiary/aromatic N) is 1. The van der Waals surface area contributed by atoms with Gasteiger partial charge in [0.25, 0.3) is 0 Å². The van der Waals surface area contributed by atoms with Gasteiger partial charge in [-0.1, -0.05) is 45.0 Å². The fraction of sp³-hybridized carbons (Fsp3) is 0.538. The third-order valence-corrected chi connectivity index (χ3v) is 2.29. The van der Waals surface area contributed by atoms with Crippen molar-refractivity contribution in [2.45, 2.75) is 32.7 Å². The van der Waals surface area contributed by atoms with Crippen molar-refractivity contribution in [3.63, 3.8) is 0 Å². The van der Waals surface area contributed by atoms with Crippen LogP contribution in [0.2, 0.25) is 0 Å². The van der Waals surface area contributed by atoms with Crippen molar-refractivity contribution in [3.05, 3.63) is 35.4 Å². The van der Waals surface area contributed by atoms with E-state index in [1.54, 1.807) is 0 Å². The van der Waals surface area contributed by atoms with Gasteiger partial charge in [-0.05, 0) is 30.6 Å². The number of hydrogen-bond donors (Lipinski definition) is 0. The summed E-state index contributed by atoms with van der Waals surface area (Å²) in [5.74, 6) is 0. The van der Waals surface area contributed by atoms with E-state index in [0.717, 1.165) is 6.54 Å². The first-order valence-corrected chi connectivity index (χ1v) is 5.14. The Bertz CT molecular complexity index is 294. The maximum Gasteiger partial charge on any atom is 0.0227 e. The van der Waals surface area contributed by atoms with Crippen LogP contribution in [-0.2, 0) is 12.0 Å². The Balaban J connectivity index is 2.90. The van der Waals surface area contributed by atoms with Crippen molar-refractivity contribution in [2.75, 3.05) is 14.1 Å². The molecule has 0 fully saturated rings. The molecular formula is C13H21N. The van der Waals surface area contributed by atoms with Crippen LogP contribution in [0, 0.1) is 0 Å². The quantitative estimate of drug-likeness (QED) is 0.694. The van der Waals surface area contributed by atoms with Crippen LogP contribution in [0.15, 0.2) is 24.3 Å². The Morgan fingerprint density at radius 2 is 1.79 bits per heavy atom. The van der Waals surface area contributed by atoms with Gasteiger partial charge in [-0.2, -0.15) is 0 Å². The Hall–Kier alpha value is -0.820. The number of rotatable bonds is 2. The summed E-state index contributed by atoms with van der Waals surface area (Å²) in [4.78, 5) is 2.20. The summed E-state index contributed by atoms with van der Waals surface area (Å²) in [5, 5.41) is 0. The van der Waals surface area contributed by atoms with E-state index in [0.29, 0.717) is 0 Å². The molecule has 1 rings (SSSR count). The summed E-state index contributed by atoms with van der Waals surface area (Å²) in [6.07, 6.45) is 0. The minimum absolute atomic E-state index is 0.252. The molecule has 0 N–H and O–H groups in total. The molecule has 0 aliphatic heterocycles. The van der Waals surface area contributed by atoms with E-state index in [-0.39, 0.29) is 5.41 Å². The summed E-state index contributed by atoms with van der Waals surface area (Å²) < 4.78 is 0. The van der Waals surface area contributed by atoms with E-state index in [4.69, 9.17) is 0 Å². The highest BCUT2D eigenvalue weighted by molar-refractivity contribution is 5.28. The molecule has 0 aliphatic rings. The van der Waals surface area contributed by atoms with Crippen molar-refractivity contribution >= 4 is 0 Å². The molecule has 0 aliphatic carbocycles. The van der Waals surface area contributed by atoms with Crippen molar-refractivity contribution in [1.82, 2.24) is 4.90 Å². The van der Waals surface area contributed by atoms with E-state index >= 15 is 0 Å². The minimum Gasteiger partial charge on any atom is -0.305 e. The van der Waals surface area contributed by atoms with Crippen LogP contribution in [0.4, 0.5) is 0 Å². The van der Waals surface area contributed by atoms with Crippen LogP contribution in [0.1, 0.15) is 31.9 Å². The monoisotopic (exact) mass is 191 g/mol. The molecule has 1 nitrogen and oxygen atoms in total. The van der Waals surface area contributed by atoms with E-state index in [1.165, 1.54) is 11.1 Å². The Morgan fingerprint density at radius 3 is 2.29 bits per heavy atom. The summed E-state index contributed by atoms with van der Waals surface area (Å²) in [7, 11) is 4.20. The molecule has 0 bridgehead atoms. The zero-order valence-corrected chi connectivity index (χ0v) is 9.96. The Labute approximate surface area is 87.7 Å². The summed E-state index contributed by atoms with van der Waals surface area (Å²) in [6.45, 7) is 7.77. The third kappa shape index (κ3) is 3.15. The molecule has 1 aromatic carbocycles. The lowest BCUT2D eigenvalue weighted by molar-refractivity contribution is 0.402. The Morgan fingerprint density at radius 1 is 1.14 bits per heavy atom. The van der Waals surface area contributed by atoms with Crippen LogP contribution in [-0.4, -0.2) is 19.0 Å². The van der Waals surface area contributed by atoms with Crippen molar-refractivity contribution in [3.8, 4) is 0 Å². The SMILES string of the molecule is CN(C)Cc1cccc(C(C)(C)C)c1. The first-order valence-electron chi connectivity index (χ1n) is 5.14. The maximum absolute atomic E-state index is 2.31. The highest BCUT2D eigenvalue weighted by atomic mass is 15.0.